The Bertz CT molecular complexity index is 994. The van der Waals surface area contributed by atoms with Gasteiger partial charge in [-0.05, 0) is 69.2 Å². The molecule has 3 N–H and O–H groups in total. The Morgan fingerprint density at radius 3 is 2.70 bits per heavy atom. The molecule has 27 heavy (non-hydrogen) atoms. The second-order valence-electron chi connectivity index (χ2n) is 8.49. The lowest BCUT2D eigenvalue weighted by Crippen LogP contribution is -2.37. The standard InChI is InChI=1S/C20H26FN3O2S/c1-20(2,21)11-24-27(25,26)19-16-8-15(22)6-5-13(16)7-14-10-23-18(9-17(14)19)12-3-4-12/h7,9-10,12,15,24H,3-6,8,11,22H2,1-2H3. The average Bonchev–Trinajstić information content (AvgIpc) is 3.42. The SMILES string of the molecule is CC(C)(F)CNS(=O)(=O)c1c2c(cc3cnc(C4CC4)cc13)CCC(N)C2. The number of nitrogens with one attached hydrogen (secondary N) is 1. The first kappa shape index (κ1) is 18.8. The van der Waals surface area contributed by atoms with Crippen LogP contribution in [0.25, 0.3) is 10.8 Å². The van der Waals surface area contributed by atoms with E-state index in [9.17, 15) is 12.8 Å². The Kier molecular flexibility index (Phi) is 4.52. The maximum absolute atomic E-state index is 14.0. The highest BCUT2D eigenvalue weighted by Gasteiger charge is 2.31. The van der Waals surface area contributed by atoms with Crippen LogP contribution in [-0.2, 0) is 22.9 Å². The summed E-state index contributed by atoms with van der Waals surface area (Å²) < 4.78 is 42.9. The first-order valence-corrected chi connectivity index (χ1v) is 11.0. The molecule has 1 saturated carbocycles. The van der Waals surface area contributed by atoms with Crippen molar-refractivity contribution in [1.82, 2.24) is 9.71 Å². The third-order valence-electron chi connectivity index (χ3n) is 5.39. The molecule has 0 spiro atoms. The van der Waals surface area contributed by atoms with Gasteiger partial charge in [0.1, 0.15) is 5.67 Å². The van der Waals surface area contributed by atoms with E-state index in [0.29, 0.717) is 17.7 Å². The van der Waals surface area contributed by atoms with Gasteiger partial charge in [-0.3, -0.25) is 4.98 Å². The van der Waals surface area contributed by atoms with Crippen LogP contribution in [0.3, 0.4) is 0 Å². The maximum atomic E-state index is 14.0. The van der Waals surface area contributed by atoms with Crippen molar-refractivity contribution in [2.24, 2.45) is 5.73 Å². The van der Waals surface area contributed by atoms with Gasteiger partial charge in [-0.1, -0.05) is 0 Å². The summed E-state index contributed by atoms with van der Waals surface area (Å²) in [7, 11) is -3.88. The van der Waals surface area contributed by atoms with Gasteiger partial charge in [0.05, 0.1) is 4.90 Å². The molecule has 1 fully saturated rings. The molecular formula is C20H26FN3O2S. The molecule has 0 bridgehead atoms. The van der Waals surface area contributed by atoms with Crippen LogP contribution in [0.15, 0.2) is 23.2 Å². The van der Waals surface area contributed by atoms with Crippen molar-refractivity contribution in [3.63, 3.8) is 0 Å². The minimum Gasteiger partial charge on any atom is -0.327 e. The number of halogens is 1. The largest absolute Gasteiger partial charge is 0.327 e. The van der Waals surface area contributed by atoms with E-state index in [1.165, 1.54) is 13.8 Å². The molecule has 0 radical (unpaired) electrons. The van der Waals surface area contributed by atoms with Crippen LogP contribution in [0.4, 0.5) is 4.39 Å². The van der Waals surface area contributed by atoms with Gasteiger partial charge in [-0.15, -0.1) is 0 Å². The minimum absolute atomic E-state index is 0.0637. The molecule has 2 aromatic rings. The maximum Gasteiger partial charge on any atom is 0.241 e. The number of alkyl halides is 1. The summed E-state index contributed by atoms with van der Waals surface area (Å²) in [6, 6.07) is 3.88. The predicted molar refractivity (Wildman–Crippen MR) is 104 cm³/mol. The van der Waals surface area contributed by atoms with E-state index in [4.69, 9.17) is 5.73 Å². The van der Waals surface area contributed by atoms with Crippen molar-refractivity contribution in [2.45, 2.75) is 68.5 Å². The number of aromatic nitrogens is 1. The van der Waals surface area contributed by atoms with Crippen LogP contribution < -0.4 is 10.5 Å². The molecule has 2 aliphatic carbocycles. The van der Waals surface area contributed by atoms with E-state index >= 15 is 0 Å². The highest BCUT2D eigenvalue weighted by Crippen LogP contribution is 2.41. The van der Waals surface area contributed by atoms with Gasteiger partial charge < -0.3 is 5.73 Å². The van der Waals surface area contributed by atoms with Gasteiger partial charge in [0.15, 0.2) is 0 Å². The second kappa shape index (κ2) is 6.50. The van der Waals surface area contributed by atoms with Crippen LogP contribution in [-0.4, -0.2) is 31.7 Å². The Hall–Kier alpha value is -1.57. The topological polar surface area (TPSA) is 85.1 Å². The van der Waals surface area contributed by atoms with Crippen LogP contribution in [0.2, 0.25) is 0 Å². The van der Waals surface area contributed by atoms with E-state index < -0.39 is 15.7 Å². The molecule has 7 heteroatoms. The van der Waals surface area contributed by atoms with Crippen LogP contribution >= 0.6 is 0 Å². The summed E-state index contributed by atoms with van der Waals surface area (Å²) in [5.74, 6) is 0.418. The highest BCUT2D eigenvalue weighted by molar-refractivity contribution is 7.89. The monoisotopic (exact) mass is 391 g/mol. The summed E-state index contributed by atoms with van der Waals surface area (Å²) in [6.07, 6.45) is 6.04. The molecule has 5 nitrogen and oxygen atoms in total. The van der Waals surface area contributed by atoms with Gasteiger partial charge in [-0.2, -0.15) is 0 Å². The molecule has 1 heterocycles. The number of fused-ring (bicyclic) bond motifs is 2. The number of benzene rings is 1. The molecule has 1 unspecified atom stereocenters. The molecular weight excluding hydrogens is 365 g/mol. The molecule has 0 saturated heterocycles. The lowest BCUT2D eigenvalue weighted by atomic mass is 9.87. The van der Waals surface area contributed by atoms with Crippen molar-refractivity contribution in [3.8, 4) is 0 Å². The van der Waals surface area contributed by atoms with Gasteiger partial charge in [0.2, 0.25) is 10.0 Å². The van der Waals surface area contributed by atoms with Gasteiger partial charge in [0.25, 0.3) is 0 Å². The first-order chi connectivity index (χ1) is 12.6. The average molecular weight is 392 g/mol. The summed E-state index contributed by atoms with van der Waals surface area (Å²) >= 11 is 0. The quantitative estimate of drug-likeness (QED) is 0.821. The number of sulfonamides is 1. The number of aryl methyl sites for hydroxylation is 1. The Labute approximate surface area is 159 Å². The molecule has 1 atom stereocenters. The van der Waals surface area contributed by atoms with Crippen molar-refractivity contribution >= 4 is 20.8 Å². The zero-order valence-corrected chi connectivity index (χ0v) is 16.6. The molecule has 1 aromatic carbocycles. The molecule has 0 amide bonds. The number of nitrogens with zero attached hydrogens (tertiary/aromatic N) is 1. The summed E-state index contributed by atoms with van der Waals surface area (Å²) in [5.41, 5.74) is 7.24. The Morgan fingerprint density at radius 1 is 1.30 bits per heavy atom. The fraction of sp³-hybridized carbons (Fsp3) is 0.550. The van der Waals surface area contributed by atoms with E-state index in [2.05, 4.69) is 9.71 Å². The van der Waals surface area contributed by atoms with Crippen LogP contribution in [0.5, 0.6) is 0 Å². The van der Waals surface area contributed by atoms with Gasteiger partial charge in [-0.25, -0.2) is 17.5 Å². The van der Waals surface area contributed by atoms with Crippen molar-refractivity contribution < 1.29 is 12.8 Å². The number of hydrogen-bond donors (Lipinski definition) is 2. The summed E-state index contributed by atoms with van der Waals surface area (Å²) in [5, 5.41) is 1.48. The normalized spacial score (nSPS) is 20.7. The third kappa shape index (κ3) is 3.86. The van der Waals surface area contributed by atoms with Crippen molar-refractivity contribution in [3.05, 3.63) is 35.2 Å². The molecule has 0 aliphatic heterocycles. The third-order valence-corrected chi connectivity index (χ3v) is 6.92. The van der Waals surface area contributed by atoms with E-state index in [1.54, 1.807) is 6.20 Å². The van der Waals surface area contributed by atoms with Gasteiger partial charge in [0, 0.05) is 41.2 Å². The van der Waals surface area contributed by atoms with Gasteiger partial charge >= 0.3 is 0 Å². The Balaban J connectivity index is 1.91. The lowest BCUT2D eigenvalue weighted by molar-refractivity contribution is 0.221. The van der Waals surface area contributed by atoms with Crippen molar-refractivity contribution in [2.75, 3.05) is 6.54 Å². The molecule has 146 valence electrons. The smallest absolute Gasteiger partial charge is 0.241 e. The number of nitrogens with two attached hydrogens (primary N) is 1. The molecule has 2 aliphatic rings. The fourth-order valence-electron chi connectivity index (χ4n) is 3.78. The zero-order valence-electron chi connectivity index (χ0n) is 15.8. The fourth-order valence-corrected chi connectivity index (χ4v) is 5.46. The second-order valence-corrected chi connectivity index (χ2v) is 10.2. The molecule has 4 rings (SSSR count). The zero-order chi connectivity index (χ0) is 19.4. The van der Waals surface area contributed by atoms with E-state index in [0.717, 1.165) is 47.9 Å². The number of hydrogen-bond acceptors (Lipinski definition) is 4. The van der Waals surface area contributed by atoms with Crippen LogP contribution in [0.1, 0.15) is 55.8 Å². The summed E-state index contributed by atoms with van der Waals surface area (Å²) in [4.78, 5) is 4.80. The van der Waals surface area contributed by atoms with E-state index in [1.807, 2.05) is 12.1 Å². The first-order valence-electron chi connectivity index (χ1n) is 9.52. The Morgan fingerprint density at radius 2 is 2.04 bits per heavy atom. The lowest BCUT2D eigenvalue weighted by Gasteiger charge is -2.26. The van der Waals surface area contributed by atoms with Crippen LogP contribution in [0, 0.1) is 0 Å². The predicted octanol–water partition coefficient (Wildman–Crippen LogP) is 2.95. The molecule has 1 aromatic heterocycles. The van der Waals surface area contributed by atoms with E-state index in [-0.39, 0.29) is 17.5 Å². The number of pyridine rings is 1. The minimum atomic E-state index is -3.88. The summed E-state index contributed by atoms with van der Waals surface area (Å²) in [6.45, 7) is 2.45. The number of rotatable bonds is 5. The van der Waals surface area contributed by atoms with Crippen molar-refractivity contribution in [1.29, 1.82) is 0 Å². The highest BCUT2D eigenvalue weighted by atomic mass is 32.2.